The molecule has 5 nitrogen and oxygen atoms in total. The summed E-state index contributed by atoms with van der Waals surface area (Å²) >= 11 is 0. The van der Waals surface area contributed by atoms with Crippen LogP contribution < -0.4 is 10.9 Å². The molecule has 0 bridgehead atoms. The Morgan fingerprint density at radius 2 is 1.86 bits per heavy atom. The van der Waals surface area contributed by atoms with Crippen molar-refractivity contribution in [1.29, 1.82) is 0 Å². The van der Waals surface area contributed by atoms with E-state index >= 15 is 0 Å². The number of nitrogens with one attached hydrogen (secondary N) is 1. The van der Waals surface area contributed by atoms with Gasteiger partial charge in [0.1, 0.15) is 17.0 Å². The summed E-state index contributed by atoms with van der Waals surface area (Å²) < 4.78 is 5.98. The van der Waals surface area contributed by atoms with Crippen molar-refractivity contribution in [2.45, 2.75) is 20.3 Å². The summed E-state index contributed by atoms with van der Waals surface area (Å²) in [5, 5.41) is 3.65. The minimum absolute atomic E-state index is 0.262. The summed E-state index contributed by atoms with van der Waals surface area (Å²) in [6, 6.07) is 20.9. The summed E-state index contributed by atoms with van der Waals surface area (Å²) in [6.07, 6.45) is 2.67. The number of pyridine rings is 1. The van der Waals surface area contributed by atoms with E-state index in [0.717, 1.165) is 23.1 Å². The minimum Gasteiger partial charge on any atom is -0.438 e. The molecule has 0 fully saturated rings. The standard InChI is InChI=1S/C24H21N3O2/c1-3-17-9-11-19(12-10-17)26-24-20(14-18-6-4-5-7-21(18)29-24)23(28)27-22-13-8-16(2)15-25-22/h4-15H,3H2,1-2H3,(H,25,27,28). The highest BCUT2D eigenvalue weighted by Gasteiger charge is 2.13. The molecule has 144 valence electrons. The summed E-state index contributed by atoms with van der Waals surface area (Å²) in [4.78, 5) is 21.8. The average molecular weight is 383 g/mol. The van der Waals surface area contributed by atoms with E-state index in [1.54, 1.807) is 18.3 Å². The number of nitrogens with zero attached hydrogens (tertiary/aromatic N) is 2. The van der Waals surface area contributed by atoms with Crippen molar-refractivity contribution in [3.8, 4) is 0 Å². The molecule has 2 aromatic carbocycles. The molecule has 0 radical (unpaired) electrons. The molecule has 0 aliphatic heterocycles. The molecule has 1 amide bonds. The first kappa shape index (κ1) is 18.6. The van der Waals surface area contributed by atoms with Crippen LogP contribution in [0.5, 0.6) is 0 Å². The third-order valence-electron chi connectivity index (χ3n) is 4.63. The minimum atomic E-state index is -0.320. The lowest BCUT2D eigenvalue weighted by molar-refractivity contribution is 0.102. The third-order valence-corrected chi connectivity index (χ3v) is 4.63. The third kappa shape index (κ3) is 4.24. The van der Waals surface area contributed by atoms with Crippen LogP contribution >= 0.6 is 0 Å². The van der Waals surface area contributed by atoms with Gasteiger partial charge in [-0.2, -0.15) is 0 Å². The van der Waals surface area contributed by atoms with Crippen molar-refractivity contribution in [1.82, 2.24) is 4.98 Å². The van der Waals surface area contributed by atoms with Gasteiger partial charge in [0.2, 0.25) is 5.55 Å². The number of amides is 1. The van der Waals surface area contributed by atoms with Crippen LogP contribution in [0.1, 0.15) is 28.4 Å². The van der Waals surface area contributed by atoms with Gasteiger partial charge < -0.3 is 9.73 Å². The van der Waals surface area contributed by atoms with E-state index in [-0.39, 0.29) is 11.5 Å². The number of aryl methyl sites for hydroxylation is 2. The number of hydrogen-bond donors (Lipinski definition) is 1. The fourth-order valence-corrected chi connectivity index (χ4v) is 2.96. The number of aromatic nitrogens is 1. The topological polar surface area (TPSA) is 67.5 Å². The van der Waals surface area contributed by atoms with Gasteiger partial charge in [-0.15, -0.1) is 0 Å². The fourth-order valence-electron chi connectivity index (χ4n) is 2.96. The largest absolute Gasteiger partial charge is 0.438 e. The van der Waals surface area contributed by atoms with E-state index in [9.17, 15) is 4.79 Å². The first-order valence-corrected chi connectivity index (χ1v) is 9.53. The quantitative estimate of drug-likeness (QED) is 0.528. The maximum absolute atomic E-state index is 13.0. The van der Waals surface area contributed by atoms with Crippen LogP contribution in [0.4, 0.5) is 11.5 Å². The van der Waals surface area contributed by atoms with E-state index < -0.39 is 0 Å². The first-order chi connectivity index (χ1) is 14.1. The second kappa shape index (κ2) is 8.10. The lowest BCUT2D eigenvalue weighted by Crippen LogP contribution is -2.22. The predicted molar refractivity (Wildman–Crippen MR) is 114 cm³/mol. The Hall–Kier alpha value is -3.73. The van der Waals surface area contributed by atoms with Gasteiger partial charge in [-0.1, -0.05) is 43.3 Å². The van der Waals surface area contributed by atoms with E-state index in [4.69, 9.17) is 4.42 Å². The monoisotopic (exact) mass is 383 g/mol. The molecule has 2 heterocycles. The number of rotatable bonds is 4. The van der Waals surface area contributed by atoms with Crippen molar-refractivity contribution in [2.75, 3.05) is 5.32 Å². The molecule has 0 unspecified atom stereocenters. The molecular weight excluding hydrogens is 362 g/mol. The Morgan fingerprint density at radius 1 is 1.07 bits per heavy atom. The molecule has 29 heavy (non-hydrogen) atoms. The van der Waals surface area contributed by atoms with E-state index in [0.29, 0.717) is 17.0 Å². The van der Waals surface area contributed by atoms with Crippen LogP contribution in [0, 0.1) is 6.92 Å². The number of carbonyl (C=O) groups excluding carboxylic acids is 1. The molecule has 0 atom stereocenters. The van der Waals surface area contributed by atoms with Gasteiger partial charge in [-0.3, -0.25) is 4.79 Å². The van der Waals surface area contributed by atoms with Crippen molar-refractivity contribution < 1.29 is 9.21 Å². The average Bonchev–Trinajstić information content (AvgIpc) is 2.75. The molecule has 0 saturated heterocycles. The van der Waals surface area contributed by atoms with E-state index in [1.165, 1.54) is 5.56 Å². The summed E-state index contributed by atoms with van der Waals surface area (Å²) in [6.45, 7) is 4.05. The summed E-state index contributed by atoms with van der Waals surface area (Å²) in [7, 11) is 0. The predicted octanol–water partition coefficient (Wildman–Crippen LogP) is 5.18. The number of para-hydroxylation sites is 1. The molecule has 2 aromatic heterocycles. The highest BCUT2D eigenvalue weighted by atomic mass is 16.3. The highest BCUT2D eigenvalue weighted by Crippen LogP contribution is 2.17. The Balaban J connectivity index is 1.79. The SMILES string of the molecule is CCc1ccc(N=c2oc3ccccc3cc2C(=O)Nc2ccc(C)cn2)cc1. The second-order valence-corrected chi connectivity index (χ2v) is 6.81. The van der Waals surface area contributed by atoms with Gasteiger partial charge in [0, 0.05) is 11.6 Å². The Morgan fingerprint density at radius 3 is 2.59 bits per heavy atom. The van der Waals surface area contributed by atoms with Crippen molar-refractivity contribution in [2.24, 2.45) is 4.99 Å². The summed E-state index contributed by atoms with van der Waals surface area (Å²) in [5.74, 6) is 0.159. The van der Waals surface area contributed by atoms with Crippen LogP contribution in [0.3, 0.4) is 0 Å². The lowest BCUT2D eigenvalue weighted by Gasteiger charge is -2.07. The fraction of sp³-hybridized carbons (Fsp3) is 0.125. The van der Waals surface area contributed by atoms with Gasteiger partial charge in [-0.05, 0) is 54.8 Å². The zero-order valence-corrected chi connectivity index (χ0v) is 16.3. The molecule has 5 heteroatoms. The first-order valence-electron chi connectivity index (χ1n) is 9.53. The maximum atomic E-state index is 13.0. The van der Waals surface area contributed by atoms with Gasteiger partial charge in [0.05, 0.1) is 5.69 Å². The normalized spacial score (nSPS) is 11.6. The molecule has 0 spiro atoms. The number of anilines is 1. The summed E-state index contributed by atoms with van der Waals surface area (Å²) in [5.41, 5.74) is 4.26. The van der Waals surface area contributed by atoms with E-state index in [2.05, 4.69) is 22.2 Å². The molecular formula is C24H21N3O2. The molecule has 0 aliphatic rings. The van der Waals surface area contributed by atoms with Gasteiger partial charge in [0.15, 0.2) is 0 Å². The van der Waals surface area contributed by atoms with Gasteiger partial charge >= 0.3 is 0 Å². The number of fused-ring (bicyclic) bond motifs is 1. The zero-order valence-electron chi connectivity index (χ0n) is 16.3. The molecule has 0 saturated carbocycles. The number of carbonyl (C=O) groups is 1. The smallest absolute Gasteiger partial charge is 0.262 e. The van der Waals surface area contributed by atoms with Crippen LogP contribution in [0.25, 0.3) is 11.0 Å². The lowest BCUT2D eigenvalue weighted by atomic mass is 10.1. The zero-order chi connectivity index (χ0) is 20.2. The Kier molecular flexibility index (Phi) is 5.20. The number of benzene rings is 2. The van der Waals surface area contributed by atoms with Gasteiger partial charge in [-0.25, -0.2) is 9.98 Å². The van der Waals surface area contributed by atoms with Crippen molar-refractivity contribution in [3.05, 3.63) is 95.2 Å². The Bertz CT molecular complexity index is 1220. The van der Waals surface area contributed by atoms with Crippen LogP contribution in [-0.2, 0) is 6.42 Å². The Labute approximate surface area is 168 Å². The van der Waals surface area contributed by atoms with Crippen LogP contribution in [0.2, 0.25) is 0 Å². The van der Waals surface area contributed by atoms with Crippen molar-refractivity contribution in [3.63, 3.8) is 0 Å². The molecule has 1 N–H and O–H groups in total. The molecule has 0 aliphatic carbocycles. The van der Waals surface area contributed by atoms with Crippen LogP contribution in [-0.4, -0.2) is 10.9 Å². The maximum Gasteiger partial charge on any atom is 0.262 e. The van der Waals surface area contributed by atoms with E-state index in [1.807, 2.05) is 61.5 Å². The second-order valence-electron chi connectivity index (χ2n) is 6.81. The highest BCUT2D eigenvalue weighted by molar-refractivity contribution is 6.04. The van der Waals surface area contributed by atoms with Gasteiger partial charge in [0.25, 0.3) is 5.91 Å². The van der Waals surface area contributed by atoms with Crippen LogP contribution in [0.15, 0.2) is 82.3 Å². The molecule has 4 aromatic rings. The number of hydrogen-bond acceptors (Lipinski definition) is 4. The molecule has 4 rings (SSSR count). The van der Waals surface area contributed by atoms with Crippen molar-refractivity contribution >= 4 is 28.4 Å².